The average molecular weight is 365 g/mol. The van der Waals surface area contributed by atoms with Crippen molar-refractivity contribution in [1.29, 1.82) is 0 Å². The molecule has 142 valence electrons. The minimum absolute atomic E-state index is 0.130. The van der Waals surface area contributed by atoms with Gasteiger partial charge in [0.05, 0.1) is 12.8 Å². The normalized spacial score (nSPS) is 16.9. The quantitative estimate of drug-likeness (QED) is 0.904. The summed E-state index contributed by atoms with van der Waals surface area (Å²) in [6.07, 6.45) is 7.07. The van der Waals surface area contributed by atoms with Crippen molar-refractivity contribution in [2.45, 2.75) is 38.5 Å². The number of nitrogens with zero attached hydrogens (tertiary/aromatic N) is 2. The Balaban J connectivity index is 1.32. The van der Waals surface area contributed by atoms with Crippen molar-refractivity contribution in [3.63, 3.8) is 0 Å². The van der Waals surface area contributed by atoms with E-state index in [1.807, 2.05) is 28.1 Å². The molecule has 5 heteroatoms. The Morgan fingerprint density at radius 1 is 0.852 bits per heavy atom. The number of aromatic amines is 1. The van der Waals surface area contributed by atoms with Crippen LogP contribution in [0.3, 0.4) is 0 Å². The predicted molar refractivity (Wildman–Crippen MR) is 104 cm³/mol. The van der Waals surface area contributed by atoms with Crippen molar-refractivity contribution in [2.24, 2.45) is 0 Å². The van der Waals surface area contributed by atoms with E-state index in [1.165, 1.54) is 24.0 Å². The van der Waals surface area contributed by atoms with Crippen molar-refractivity contribution in [2.75, 3.05) is 26.2 Å². The molecule has 2 heterocycles. The minimum Gasteiger partial charge on any atom is -0.365 e. The van der Waals surface area contributed by atoms with Crippen LogP contribution in [0.5, 0.6) is 0 Å². The van der Waals surface area contributed by atoms with Crippen LogP contribution in [0.25, 0.3) is 0 Å². The van der Waals surface area contributed by atoms with Gasteiger partial charge in [-0.2, -0.15) is 0 Å². The summed E-state index contributed by atoms with van der Waals surface area (Å²) >= 11 is 0. The van der Waals surface area contributed by atoms with Gasteiger partial charge in [-0.05, 0) is 54.5 Å². The van der Waals surface area contributed by atoms with Crippen LogP contribution in [0.1, 0.15) is 35.2 Å². The van der Waals surface area contributed by atoms with Gasteiger partial charge >= 0.3 is 0 Å². The highest BCUT2D eigenvalue weighted by Crippen LogP contribution is 2.23. The van der Waals surface area contributed by atoms with Gasteiger partial charge in [0.25, 0.3) is 0 Å². The summed E-state index contributed by atoms with van der Waals surface area (Å²) in [5.41, 5.74) is 4.91. The van der Waals surface area contributed by atoms with Crippen molar-refractivity contribution in [1.82, 2.24) is 14.8 Å². The van der Waals surface area contributed by atoms with E-state index in [4.69, 9.17) is 0 Å². The highest BCUT2D eigenvalue weighted by molar-refractivity contribution is 5.80. The van der Waals surface area contributed by atoms with Gasteiger partial charge in [-0.3, -0.25) is 9.59 Å². The van der Waals surface area contributed by atoms with E-state index < -0.39 is 0 Å². The van der Waals surface area contributed by atoms with Crippen LogP contribution >= 0.6 is 0 Å². The van der Waals surface area contributed by atoms with Crippen LogP contribution in [0.2, 0.25) is 0 Å². The molecule has 1 aromatic heterocycles. The Hall–Kier alpha value is -2.56. The van der Waals surface area contributed by atoms with E-state index in [0.717, 1.165) is 37.2 Å². The summed E-state index contributed by atoms with van der Waals surface area (Å²) in [7, 11) is 0. The third-order valence-corrected chi connectivity index (χ3v) is 5.72. The van der Waals surface area contributed by atoms with Crippen LogP contribution in [-0.2, 0) is 35.3 Å². The zero-order valence-corrected chi connectivity index (χ0v) is 15.7. The van der Waals surface area contributed by atoms with E-state index in [2.05, 4.69) is 23.2 Å². The van der Waals surface area contributed by atoms with Gasteiger partial charge in [0.1, 0.15) is 0 Å². The molecule has 0 radical (unpaired) electrons. The summed E-state index contributed by atoms with van der Waals surface area (Å²) < 4.78 is 0. The summed E-state index contributed by atoms with van der Waals surface area (Å²) in [5.74, 6) is 0.303. The Labute approximate surface area is 160 Å². The SMILES string of the molecule is O=C(Cc1ccc2c(c1)CCC2)N1CCCN(C(=O)Cc2ccc[nH]2)CC1. The predicted octanol–water partition coefficient (Wildman–Crippen LogP) is 2.35. The van der Waals surface area contributed by atoms with E-state index >= 15 is 0 Å². The lowest BCUT2D eigenvalue weighted by atomic mass is 10.0. The van der Waals surface area contributed by atoms with Gasteiger partial charge in [0.2, 0.25) is 11.8 Å². The fourth-order valence-electron chi connectivity index (χ4n) is 4.19. The number of carbonyl (C=O) groups excluding carboxylic acids is 2. The molecule has 0 bridgehead atoms. The summed E-state index contributed by atoms with van der Waals surface area (Å²) in [6.45, 7) is 2.70. The molecule has 0 atom stereocenters. The molecule has 4 rings (SSSR count). The van der Waals surface area contributed by atoms with Crippen molar-refractivity contribution < 1.29 is 9.59 Å². The van der Waals surface area contributed by atoms with Crippen molar-refractivity contribution in [3.8, 4) is 0 Å². The minimum atomic E-state index is 0.130. The average Bonchev–Trinajstić information content (AvgIpc) is 3.27. The second kappa shape index (κ2) is 7.99. The maximum Gasteiger partial charge on any atom is 0.228 e. The number of carbonyl (C=O) groups is 2. The Bertz CT molecular complexity index is 813. The Morgan fingerprint density at radius 2 is 1.59 bits per heavy atom. The monoisotopic (exact) mass is 365 g/mol. The first-order valence-electron chi connectivity index (χ1n) is 9.97. The maximum atomic E-state index is 12.8. The highest BCUT2D eigenvalue weighted by Gasteiger charge is 2.22. The fraction of sp³-hybridized carbons (Fsp3) is 0.455. The van der Waals surface area contributed by atoms with Crippen LogP contribution in [0.4, 0.5) is 0 Å². The molecule has 2 amide bonds. The molecule has 27 heavy (non-hydrogen) atoms. The highest BCUT2D eigenvalue weighted by atomic mass is 16.2. The van der Waals surface area contributed by atoms with Crippen molar-refractivity contribution in [3.05, 3.63) is 58.9 Å². The number of aromatic nitrogens is 1. The molecule has 0 spiro atoms. The van der Waals surface area contributed by atoms with Gasteiger partial charge in [0, 0.05) is 38.1 Å². The number of amides is 2. The van der Waals surface area contributed by atoms with Gasteiger partial charge in [0.15, 0.2) is 0 Å². The smallest absolute Gasteiger partial charge is 0.228 e. The number of aryl methyl sites for hydroxylation is 2. The first-order chi connectivity index (χ1) is 13.2. The number of hydrogen-bond donors (Lipinski definition) is 1. The van der Waals surface area contributed by atoms with Crippen LogP contribution < -0.4 is 0 Å². The number of nitrogens with one attached hydrogen (secondary N) is 1. The molecule has 0 unspecified atom stereocenters. The van der Waals surface area contributed by atoms with Crippen LogP contribution in [0, 0.1) is 0 Å². The molecule has 1 aliphatic carbocycles. The second-order valence-electron chi connectivity index (χ2n) is 7.62. The zero-order chi connectivity index (χ0) is 18.6. The molecular formula is C22H27N3O2. The van der Waals surface area contributed by atoms with Crippen LogP contribution in [0.15, 0.2) is 36.5 Å². The molecule has 2 aromatic rings. The molecule has 1 aromatic carbocycles. The maximum absolute atomic E-state index is 12.8. The number of fused-ring (bicyclic) bond motifs is 1. The lowest BCUT2D eigenvalue weighted by Crippen LogP contribution is -2.38. The lowest BCUT2D eigenvalue weighted by molar-refractivity contribution is -0.132. The van der Waals surface area contributed by atoms with E-state index in [0.29, 0.717) is 25.9 Å². The summed E-state index contributed by atoms with van der Waals surface area (Å²) in [5, 5.41) is 0. The van der Waals surface area contributed by atoms with Crippen molar-refractivity contribution >= 4 is 11.8 Å². The van der Waals surface area contributed by atoms with Gasteiger partial charge < -0.3 is 14.8 Å². The fourth-order valence-corrected chi connectivity index (χ4v) is 4.19. The standard InChI is InChI=1S/C22H27N3O2/c26-21(15-17-7-8-18-4-1-5-19(18)14-17)24-10-3-11-25(13-12-24)22(27)16-20-6-2-9-23-20/h2,6-9,14,23H,1,3-5,10-13,15-16H2. The van der Waals surface area contributed by atoms with E-state index in [-0.39, 0.29) is 11.8 Å². The first kappa shape index (κ1) is 17.8. The topological polar surface area (TPSA) is 56.4 Å². The summed E-state index contributed by atoms with van der Waals surface area (Å²) in [6, 6.07) is 10.3. The first-order valence-corrected chi connectivity index (χ1v) is 9.97. The largest absolute Gasteiger partial charge is 0.365 e. The molecule has 2 aliphatic rings. The Kier molecular flexibility index (Phi) is 5.28. The molecule has 5 nitrogen and oxygen atoms in total. The third-order valence-electron chi connectivity index (χ3n) is 5.72. The van der Waals surface area contributed by atoms with Crippen LogP contribution in [-0.4, -0.2) is 52.8 Å². The summed E-state index contributed by atoms with van der Waals surface area (Å²) in [4.78, 5) is 32.2. The van der Waals surface area contributed by atoms with Gasteiger partial charge in [-0.15, -0.1) is 0 Å². The zero-order valence-electron chi connectivity index (χ0n) is 15.7. The number of rotatable bonds is 4. The molecule has 1 saturated heterocycles. The van der Waals surface area contributed by atoms with E-state index in [9.17, 15) is 9.59 Å². The van der Waals surface area contributed by atoms with E-state index in [1.54, 1.807) is 0 Å². The number of benzene rings is 1. The lowest BCUT2D eigenvalue weighted by Gasteiger charge is -2.22. The second-order valence-corrected chi connectivity index (χ2v) is 7.62. The molecular weight excluding hydrogens is 338 g/mol. The third kappa shape index (κ3) is 4.24. The van der Waals surface area contributed by atoms with Gasteiger partial charge in [-0.1, -0.05) is 18.2 Å². The number of H-pyrrole nitrogens is 1. The molecule has 1 aliphatic heterocycles. The van der Waals surface area contributed by atoms with Gasteiger partial charge in [-0.25, -0.2) is 0 Å². The molecule has 1 fully saturated rings. The Morgan fingerprint density at radius 3 is 2.33 bits per heavy atom. The molecule has 1 N–H and O–H groups in total. The molecule has 0 saturated carbocycles. The number of hydrogen-bond acceptors (Lipinski definition) is 2.